The maximum Gasteiger partial charge on any atom is 0.302 e. The molecule has 0 aromatic heterocycles. The molecule has 0 amide bonds. The number of carbonyl (C=O) groups is 1. The van der Waals surface area contributed by atoms with Gasteiger partial charge in [0, 0.05) is 26.9 Å². The van der Waals surface area contributed by atoms with Crippen LogP contribution in [-0.2, 0) is 16.0 Å². The molecule has 0 radical (unpaired) electrons. The van der Waals surface area contributed by atoms with Gasteiger partial charge in [-0.1, -0.05) is 25.1 Å². The zero-order valence-electron chi connectivity index (χ0n) is 23.6. The van der Waals surface area contributed by atoms with Gasteiger partial charge in [-0.05, 0) is 93.0 Å². The van der Waals surface area contributed by atoms with Crippen molar-refractivity contribution >= 4 is 11.9 Å². The van der Waals surface area contributed by atoms with E-state index in [-0.39, 0.29) is 23.7 Å². The molecule has 1 saturated carbocycles. The SMILES string of the molecule is CN=C(N)NC[C@H]1C[C@H]2C[C@@H](C=C[C@@]2(O)C[C@@H](CCc2ccc(O)c(OC3CCNCC3)c2)OC(C)=O)[C@H]1C. The lowest BCUT2D eigenvalue weighted by Crippen LogP contribution is -2.50. The van der Waals surface area contributed by atoms with Gasteiger partial charge in [-0.3, -0.25) is 9.79 Å². The molecule has 6 atom stereocenters. The summed E-state index contributed by atoms with van der Waals surface area (Å²) in [6.07, 6.45) is 8.90. The van der Waals surface area contributed by atoms with Crippen LogP contribution in [0.4, 0.5) is 0 Å². The van der Waals surface area contributed by atoms with Crippen LogP contribution < -0.4 is 21.1 Å². The quantitative estimate of drug-likeness (QED) is 0.132. The van der Waals surface area contributed by atoms with Gasteiger partial charge < -0.3 is 36.1 Å². The van der Waals surface area contributed by atoms with Crippen molar-refractivity contribution in [2.45, 2.75) is 76.6 Å². The van der Waals surface area contributed by atoms with Crippen LogP contribution in [0.15, 0.2) is 35.3 Å². The third-order valence-electron chi connectivity index (χ3n) is 8.93. The lowest BCUT2D eigenvalue weighted by Gasteiger charge is -2.49. The Labute approximate surface area is 232 Å². The third-order valence-corrected chi connectivity index (χ3v) is 8.93. The highest BCUT2D eigenvalue weighted by Gasteiger charge is 2.47. The fraction of sp³-hybridized carbons (Fsp3) is 0.667. The molecule has 2 fully saturated rings. The molecular formula is C30H46N4O5. The normalized spacial score (nSPS) is 30.0. The number of nitrogens with two attached hydrogens (primary N) is 1. The minimum Gasteiger partial charge on any atom is -0.504 e. The molecular weight excluding hydrogens is 496 g/mol. The molecule has 0 unspecified atom stereocenters. The fourth-order valence-corrected chi connectivity index (χ4v) is 6.51. The number of carbonyl (C=O) groups excluding carboxylic acids is 1. The Bertz CT molecular complexity index is 1040. The number of phenols is 1. The van der Waals surface area contributed by atoms with Crippen LogP contribution in [0.1, 0.15) is 57.9 Å². The zero-order chi connectivity index (χ0) is 28.0. The van der Waals surface area contributed by atoms with E-state index in [9.17, 15) is 15.0 Å². The van der Waals surface area contributed by atoms with E-state index in [2.05, 4.69) is 28.6 Å². The zero-order valence-corrected chi connectivity index (χ0v) is 23.6. The predicted octanol–water partition coefficient (Wildman–Crippen LogP) is 2.89. The molecule has 1 saturated heterocycles. The first-order valence-corrected chi connectivity index (χ1v) is 14.4. The van der Waals surface area contributed by atoms with Gasteiger partial charge in [0.2, 0.25) is 0 Å². The van der Waals surface area contributed by atoms with Crippen molar-refractivity contribution in [2.75, 3.05) is 26.7 Å². The summed E-state index contributed by atoms with van der Waals surface area (Å²) in [5.41, 5.74) is 5.81. The largest absolute Gasteiger partial charge is 0.504 e. The van der Waals surface area contributed by atoms with Gasteiger partial charge in [-0.25, -0.2) is 0 Å². The first-order chi connectivity index (χ1) is 18.7. The second-order valence-corrected chi connectivity index (χ2v) is 11.6. The Kier molecular flexibility index (Phi) is 9.77. The number of piperidine rings is 1. The smallest absolute Gasteiger partial charge is 0.302 e. The minimum absolute atomic E-state index is 0.0759. The maximum atomic E-state index is 12.0. The van der Waals surface area contributed by atoms with E-state index < -0.39 is 11.7 Å². The number of nitrogens with zero attached hydrogens (tertiary/aromatic N) is 1. The molecule has 2 bridgehead atoms. The molecule has 4 rings (SSSR count). The van der Waals surface area contributed by atoms with Crippen molar-refractivity contribution in [3.05, 3.63) is 35.9 Å². The van der Waals surface area contributed by atoms with E-state index in [4.69, 9.17) is 15.2 Å². The fourth-order valence-electron chi connectivity index (χ4n) is 6.51. The Hall–Kier alpha value is -2.78. The molecule has 6 N–H and O–H groups in total. The molecule has 1 aliphatic heterocycles. The average Bonchev–Trinajstić information content (AvgIpc) is 2.91. The van der Waals surface area contributed by atoms with E-state index in [1.807, 2.05) is 18.2 Å². The van der Waals surface area contributed by atoms with Gasteiger partial charge in [0.05, 0.1) is 5.60 Å². The van der Waals surface area contributed by atoms with Crippen LogP contribution in [0.25, 0.3) is 0 Å². The number of fused-ring (bicyclic) bond motifs is 2. The molecule has 216 valence electrons. The summed E-state index contributed by atoms with van der Waals surface area (Å²) >= 11 is 0. The Balaban J connectivity index is 1.41. The number of hydrogen-bond acceptors (Lipinski definition) is 7. The summed E-state index contributed by atoms with van der Waals surface area (Å²) in [4.78, 5) is 16.0. The first-order valence-electron chi connectivity index (χ1n) is 14.4. The van der Waals surface area contributed by atoms with Gasteiger partial charge in [-0.2, -0.15) is 0 Å². The topological polar surface area (TPSA) is 138 Å². The first kappa shape index (κ1) is 29.2. The van der Waals surface area contributed by atoms with Gasteiger partial charge in [0.15, 0.2) is 17.5 Å². The predicted molar refractivity (Wildman–Crippen MR) is 152 cm³/mol. The van der Waals surface area contributed by atoms with Crippen LogP contribution in [0.5, 0.6) is 11.5 Å². The second-order valence-electron chi connectivity index (χ2n) is 11.6. The average molecular weight is 543 g/mol. The van der Waals surface area contributed by atoms with E-state index in [1.54, 1.807) is 13.1 Å². The van der Waals surface area contributed by atoms with Crippen LogP contribution in [0.3, 0.4) is 0 Å². The summed E-state index contributed by atoms with van der Waals surface area (Å²) in [6.45, 7) is 6.22. The molecule has 1 aromatic carbocycles. The number of nitrogens with one attached hydrogen (secondary N) is 2. The summed E-state index contributed by atoms with van der Waals surface area (Å²) in [5, 5.41) is 28.7. The highest BCUT2D eigenvalue weighted by atomic mass is 16.5. The minimum atomic E-state index is -1.04. The number of hydrogen-bond donors (Lipinski definition) is 5. The van der Waals surface area contributed by atoms with Gasteiger partial charge in [-0.15, -0.1) is 0 Å². The van der Waals surface area contributed by atoms with Crippen LogP contribution in [0, 0.1) is 23.7 Å². The van der Waals surface area contributed by atoms with Crippen LogP contribution >= 0.6 is 0 Å². The second kappa shape index (κ2) is 13.0. The Morgan fingerprint density at radius 2 is 2.08 bits per heavy atom. The van der Waals surface area contributed by atoms with Crippen LogP contribution in [0.2, 0.25) is 0 Å². The Morgan fingerprint density at radius 3 is 2.79 bits per heavy atom. The monoisotopic (exact) mass is 542 g/mol. The number of aromatic hydroxyl groups is 1. The summed E-state index contributed by atoms with van der Waals surface area (Å²) < 4.78 is 11.8. The number of aliphatic imine (C=N–C) groups is 1. The number of rotatable bonds is 10. The van der Waals surface area contributed by atoms with Gasteiger partial charge in [0.25, 0.3) is 0 Å². The molecule has 2 aliphatic carbocycles. The third kappa shape index (κ3) is 7.66. The number of benzene rings is 1. The lowest BCUT2D eigenvalue weighted by atomic mass is 9.59. The van der Waals surface area contributed by atoms with Crippen molar-refractivity contribution in [1.82, 2.24) is 10.6 Å². The highest BCUT2D eigenvalue weighted by molar-refractivity contribution is 5.77. The van der Waals surface area contributed by atoms with Crippen molar-refractivity contribution in [1.29, 1.82) is 0 Å². The van der Waals surface area contributed by atoms with Gasteiger partial charge >= 0.3 is 5.97 Å². The van der Waals surface area contributed by atoms with Gasteiger partial charge in [0.1, 0.15) is 12.2 Å². The maximum absolute atomic E-state index is 12.0. The van der Waals surface area contributed by atoms with E-state index in [1.165, 1.54) is 6.92 Å². The molecule has 3 aliphatic rings. The molecule has 39 heavy (non-hydrogen) atoms. The molecule has 9 nitrogen and oxygen atoms in total. The number of phenolic OH excluding ortho intramolecular Hbond substituents is 1. The Morgan fingerprint density at radius 1 is 1.31 bits per heavy atom. The number of ether oxygens (including phenoxy) is 2. The molecule has 9 heteroatoms. The number of allylic oxidation sites excluding steroid dienone is 1. The van der Waals surface area contributed by atoms with E-state index in [0.717, 1.165) is 50.9 Å². The van der Waals surface area contributed by atoms with E-state index in [0.29, 0.717) is 48.7 Å². The highest BCUT2D eigenvalue weighted by Crippen LogP contribution is 2.48. The molecule has 0 spiro atoms. The summed E-state index contributed by atoms with van der Waals surface area (Å²) in [6, 6.07) is 5.42. The van der Waals surface area contributed by atoms with Crippen molar-refractivity contribution < 1.29 is 24.5 Å². The van der Waals surface area contributed by atoms with Crippen LogP contribution in [-0.4, -0.2) is 66.6 Å². The molecule has 1 aromatic rings. The van der Waals surface area contributed by atoms with E-state index >= 15 is 0 Å². The lowest BCUT2D eigenvalue weighted by molar-refractivity contribution is -0.151. The van der Waals surface area contributed by atoms with Crippen molar-refractivity contribution in [3.8, 4) is 11.5 Å². The van der Waals surface area contributed by atoms with Crippen molar-refractivity contribution in [3.63, 3.8) is 0 Å². The summed E-state index contributed by atoms with van der Waals surface area (Å²) in [7, 11) is 1.67. The number of esters is 1. The number of aliphatic hydroxyl groups is 1. The number of guanidine groups is 1. The standard InChI is InChI=1S/C30H46N4O5/c1-19-22-8-11-30(37,24(15-22)16-23(19)18-34-29(31)32-3)17-26(38-20(2)35)6-4-21-5-7-27(36)28(14-21)39-25-9-12-33-13-10-25/h5,7-8,11,14,19,22-26,33,36-37H,4,6,9-10,12-13,15-18H2,1-3H3,(H3,31,32,34)/t19-,22-,23-,24-,26-,30-/m1/s1. The summed E-state index contributed by atoms with van der Waals surface area (Å²) in [5.74, 6) is 2.01. The van der Waals surface area contributed by atoms with Crippen molar-refractivity contribution in [2.24, 2.45) is 34.4 Å². The number of aryl methyl sites for hydroxylation is 1. The molecule has 1 heterocycles.